The Morgan fingerprint density at radius 3 is 2.58 bits per heavy atom. The van der Waals surface area contributed by atoms with Gasteiger partial charge in [-0.2, -0.15) is 4.31 Å². The zero-order valence-electron chi connectivity index (χ0n) is 14.3. The first-order valence-electron chi connectivity index (χ1n) is 8.98. The predicted octanol–water partition coefficient (Wildman–Crippen LogP) is 2.67. The Hall–Kier alpha value is -1.96. The minimum atomic E-state index is -3.84. The summed E-state index contributed by atoms with van der Waals surface area (Å²) in [5, 5.41) is 11.0. The van der Waals surface area contributed by atoms with Crippen LogP contribution in [0.2, 0.25) is 0 Å². The van der Waals surface area contributed by atoms with Gasteiger partial charge < -0.3 is 0 Å². The molecule has 4 rings (SSSR count). The van der Waals surface area contributed by atoms with Gasteiger partial charge in [-0.25, -0.2) is 13.9 Å². The van der Waals surface area contributed by atoms with Gasteiger partial charge in [0.2, 0.25) is 10.0 Å². The Morgan fingerprint density at radius 1 is 1.08 bits per heavy atom. The highest BCUT2D eigenvalue weighted by molar-refractivity contribution is 7.89. The number of nitrogens with zero attached hydrogens (tertiary/aromatic N) is 1. The van der Waals surface area contributed by atoms with Crippen LogP contribution in [0, 0.1) is 5.92 Å². The Bertz CT molecular complexity index is 943. The van der Waals surface area contributed by atoms with Crippen molar-refractivity contribution in [3.63, 3.8) is 0 Å². The average Bonchev–Trinajstić information content (AvgIpc) is 2.85. The molecule has 6 nitrogen and oxygen atoms in total. The van der Waals surface area contributed by atoms with Crippen LogP contribution in [0.25, 0.3) is 10.8 Å². The Labute approximate surface area is 152 Å². The lowest BCUT2D eigenvalue weighted by Crippen LogP contribution is -2.50. The summed E-state index contributed by atoms with van der Waals surface area (Å²) >= 11 is 0. The Balaban J connectivity index is 1.79. The summed E-state index contributed by atoms with van der Waals surface area (Å²) < 4.78 is 28.2. The summed E-state index contributed by atoms with van der Waals surface area (Å²) in [6.07, 6.45) is 4.17. The van der Waals surface area contributed by atoms with E-state index in [0.29, 0.717) is 6.42 Å². The van der Waals surface area contributed by atoms with Gasteiger partial charge in [-0.3, -0.25) is 10.0 Å². The summed E-state index contributed by atoms with van der Waals surface area (Å²) in [6.45, 7) is 0. The minimum Gasteiger partial charge on any atom is -0.289 e. The predicted molar refractivity (Wildman–Crippen MR) is 97.1 cm³/mol. The van der Waals surface area contributed by atoms with E-state index in [-0.39, 0.29) is 16.9 Å². The van der Waals surface area contributed by atoms with E-state index in [1.54, 1.807) is 23.7 Å². The topological polar surface area (TPSA) is 86.7 Å². The number of hydroxylamine groups is 1. The van der Waals surface area contributed by atoms with Crippen LogP contribution in [0.3, 0.4) is 0 Å². The maximum absolute atomic E-state index is 13.4. The van der Waals surface area contributed by atoms with E-state index in [1.165, 1.54) is 4.31 Å². The van der Waals surface area contributed by atoms with Gasteiger partial charge in [-0.15, -0.1) is 0 Å². The van der Waals surface area contributed by atoms with Gasteiger partial charge in [0, 0.05) is 6.04 Å². The second-order valence-corrected chi connectivity index (χ2v) is 9.04. The van der Waals surface area contributed by atoms with Crippen LogP contribution in [-0.2, 0) is 14.8 Å². The van der Waals surface area contributed by atoms with E-state index < -0.39 is 22.0 Å². The molecule has 1 amide bonds. The lowest BCUT2D eigenvalue weighted by atomic mass is 9.95. The van der Waals surface area contributed by atoms with Crippen LogP contribution in [-0.4, -0.2) is 35.9 Å². The van der Waals surface area contributed by atoms with Crippen molar-refractivity contribution in [3.05, 3.63) is 42.5 Å². The summed E-state index contributed by atoms with van der Waals surface area (Å²) in [5.41, 5.74) is 1.68. The number of benzene rings is 2. The number of sulfonamides is 1. The molecular formula is C19H22N2O4S. The van der Waals surface area contributed by atoms with E-state index in [4.69, 9.17) is 5.21 Å². The quantitative estimate of drug-likeness (QED) is 0.639. The molecule has 1 aliphatic carbocycles. The minimum absolute atomic E-state index is 0.0510. The first-order chi connectivity index (χ1) is 12.5. The molecule has 1 aliphatic heterocycles. The fourth-order valence-corrected chi connectivity index (χ4v) is 6.43. The first-order valence-corrected chi connectivity index (χ1v) is 10.4. The van der Waals surface area contributed by atoms with Gasteiger partial charge in [0.25, 0.3) is 5.91 Å². The molecule has 138 valence electrons. The molecule has 1 saturated heterocycles. The molecule has 2 aromatic rings. The van der Waals surface area contributed by atoms with Gasteiger partial charge in [0.1, 0.15) is 6.04 Å². The number of carbonyl (C=O) groups is 1. The highest BCUT2D eigenvalue weighted by Gasteiger charge is 2.51. The molecule has 0 spiro atoms. The monoisotopic (exact) mass is 374 g/mol. The maximum atomic E-state index is 13.4. The molecule has 26 heavy (non-hydrogen) atoms. The number of amides is 1. The molecule has 3 unspecified atom stereocenters. The van der Waals surface area contributed by atoms with Crippen molar-refractivity contribution in [3.8, 4) is 0 Å². The normalized spacial score (nSPS) is 26.6. The molecule has 0 radical (unpaired) electrons. The first kappa shape index (κ1) is 17.5. The second-order valence-electron chi connectivity index (χ2n) is 7.20. The van der Waals surface area contributed by atoms with Crippen LogP contribution in [0.4, 0.5) is 0 Å². The van der Waals surface area contributed by atoms with Gasteiger partial charge >= 0.3 is 0 Å². The van der Waals surface area contributed by atoms with Crippen LogP contribution < -0.4 is 5.48 Å². The number of fused-ring (bicyclic) bond motifs is 3. The van der Waals surface area contributed by atoms with E-state index in [9.17, 15) is 13.2 Å². The number of carbonyl (C=O) groups excluding carboxylic acids is 1. The fourth-order valence-electron chi connectivity index (χ4n) is 4.52. The molecular weight excluding hydrogens is 352 g/mol. The third-order valence-corrected chi connectivity index (χ3v) is 7.62. The maximum Gasteiger partial charge on any atom is 0.262 e. The molecule has 0 aromatic heterocycles. The van der Waals surface area contributed by atoms with Crippen molar-refractivity contribution in [1.82, 2.24) is 9.79 Å². The largest absolute Gasteiger partial charge is 0.289 e. The standard InChI is InChI=1S/C19H22N2O4S/c22-19(20-23)18-15-7-3-4-8-16(11-15)21(18)26(24,25)17-10-9-13-5-1-2-6-14(13)12-17/h1-2,5-6,9-10,12,15-16,18,23H,3-4,7-8,11H2,(H,20,22). The van der Waals surface area contributed by atoms with Crippen molar-refractivity contribution in [2.24, 2.45) is 5.92 Å². The zero-order chi connectivity index (χ0) is 18.3. The van der Waals surface area contributed by atoms with Gasteiger partial charge in [0.05, 0.1) is 4.90 Å². The summed E-state index contributed by atoms with van der Waals surface area (Å²) in [7, 11) is -3.84. The number of rotatable bonds is 3. The lowest BCUT2D eigenvalue weighted by molar-refractivity contribution is -0.134. The molecule has 1 heterocycles. The Kier molecular flexibility index (Phi) is 4.46. The van der Waals surface area contributed by atoms with Gasteiger partial charge in [0.15, 0.2) is 0 Å². The number of hydrogen-bond donors (Lipinski definition) is 2. The molecule has 3 atom stereocenters. The van der Waals surface area contributed by atoms with Crippen LogP contribution in [0.5, 0.6) is 0 Å². The third kappa shape index (κ3) is 2.80. The van der Waals surface area contributed by atoms with Crippen LogP contribution >= 0.6 is 0 Å². The highest BCUT2D eigenvalue weighted by atomic mass is 32.2. The van der Waals surface area contributed by atoms with Crippen LogP contribution in [0.15, 0.2) is 47.4 Å². The second kappa shape index (κ2) is 6.64. The molecule has 2 N–H and O–H groups in total. The van der Waals surface area contributed by atoms with Gasteiger partial charge in [-0.1, -0.05) is 43.2 Å². The molecule has 2 aliphatic rings. The van der Waals surface area contributed by atoms with E-state index in [2.05, 4.69) is 0 Å². The third-order valence-electron chi connectivity index (χ3n) is 5.69. The van der Waals surface area contributed by atoms with Gasteiger partial charge in [-0.05, 0) is 48.1 Å². The SMILES string of the molecule is O=C(NO)C1C2CCCCC(C2)N1S(=O)(=O)c1ccc2ccccc2c1. The van der Waals surface area contributed by atoms with E-state index >= 15 is 0 Å². The summed E-state index contributed by atoms with van der Waals surface area (Å²) in [5.74, 6) is -0.686. The van der Waals surface area contributed by atoms with E-state index in [0.717, 1.165) is 36.5 Å². The lowest BCUT2D eigenvalue weighted by Gasteiger charge is -2.31. The van der Waals surface area contributed by atoms with E-state index in [1.807, 2.05) is 24.3 Å². The zero-order valence-corrected chi connectivity index (χ0v) is 15.2. The fraction of sp³-hybridized carbons (Fsp3) is 0.421. The van der Waals surface area contributed by atoms with Crippen LogP contribution in [0.1, 0.15) is 32.1 Å². The Morgan fingerprint density at radius 2 is 1.81 bits per heavy atom. The van der Waals surface area contributed by atoms with Crippen molar-refractivity contribution in [2.75, 3.05) is 0 Å². The van der Waals surface area contributed by atoms with Crippen molar-refractivity contribution < 1.29 is 18.4 Å². The molecule has 1 saturated carbocycles. The highest BCUT2D eigenvalue weighted by Crippen LogP contribution is 2.42. The molecule has 2 aromatic carbocycles. The molecule has 2 bridgehead atoms. The average molecular weight is 374 g/mol. The smallest absolute Gasteiger partial charge is 0.262 e. The summed E-state index contributed by atoms with van der Waals surface area (Å²) in [4.78, 5) is 12.5. The number of nitrogens with one attached hydrogen (secondary N) is 1. The molecule has 2 fully saturated rings. The van der Waals surface area contributed by atoms with Crippen molar-refractivity contribution in [2.45, 2.75) is 49.1 Å². The molecule has 7 heteroatoms. The number of hydrogen-bond acceptors (Lipinski definition) is 4. The van der Waals surface area contributed by atoms with Crippen molar-refractivity contribution in [1.29, 1.82) is 0 Å². The summed E-state index contributed by atoms with van der Waals surface area (Å²) in [6, 6.07) is 11.6. The van der Waals surface area contributed by atoms with Crippen molar-refractivity contribution >= 4 is 26.7 Å².